The van der Waals surface area contributed by atoms with Crippen LogP contribution in [0.25, 0.3) is 21.1 Å². The van der Waals surface area contributed by atoms with Gasteiger partial charge in [-0.2, -0.15) is 0 Å². The Balaban J connectivity index is 1.45. The molecule has 1 N–H and O–H groups in total. The molecular formula is C23H23FN4OS. The summed E-state index contributed by atoms with van der Waals surface area (Å²) in [5, 5.41) is 4.83. The molecule has 4 heterocycles. The van der Waals surface area contributed by atoms with Crippen LogP contribution in [0.5, 0.6) is 0 Å². The fraction of sp³-hybridized carbons (Fsp3) is 0.304. The highest BCUT2D eigenvalue weighted by Gasteiger charge is 2.31. The van der Waals surface area contributed by atoms with Crippen molar-refractivity contribution in [2.24, 2.45) is 7.05 Å². The molecular weight excluding hydrogens is 399 g/mol. The second kappa shape index (κ2) is 7.49. The van der Waals surface area contributed by atoms with Crippen LogP contribution in [0, 0.1) is 5.82 Å². The standard InChI is InChI=1S/C23H23FN4OS/c1-25-22(29)21-20(17-4-3-8-26-23(17)30-21)14-7-9-28(12-14)13-15-11-27(2)19-6-5-16(24)10-18(15)19/h3-6,8,10-11,14H,7,9,12-13H2,1-2H3,(H,25,29)/t14-/m1/s1. The molecule has 1 saturated heterocycles. The van der Waals surface area contributed by atoms with Gasteiger partial charge in [0.1, 0.15) is 10.6 Å². The first-order valence-corrected chi connectivity index (χ1v) is 10.9. The average molecular weight is 423 g/mol. The van der Waals surface area contributed by atoms with Crippen molar-refractivity contribution in [1.82, 2.24) is 19.8 Å². The number of thiophene rings is 1. The van der Waals surface area contributed by atoms with E-state index in [1.165, 1.54) is 17.4 Å². The van der Waals surface area contributed by atoms with E-state index in [9.17, 15) is 9.18 Å². The molecule has 0 aliphatic carbocycles. The summed E-state index contributed by atoms with van der Waals surface area (Å²) < 4.78 is 15.9. The highest BCUT2D eigenvalue weighted by atomic mass is 32.1. The molecule has 4 aromatic rings. The number of amides is 1. The molecule has 1 fully saturated rings. The maximum absolute atomic E-state index is 13.8. The van der Waals surface area contributed by atoms with E-state index in [4.69, 9.17) is 0 Å². The molecule has 7 heteroatoms. The van der Waals surface area contributed by atoms with Gasteiger partial charge in [-0.1, -0.05) is 6.07 Å². The van der Waals surface area contributed by atoms with Crippen LogP contribution in [0.4, 0.5) is 4.39 Å². The van der Waals surface area contributed by atoms with Gasteiger partial charge in [-0.15, -0.1) is 11.3 Å². The van der Waals surface area contributed by atoms with E-state index in [0.717, 1.165) is 63.2 Å². The summed E-state index contributed by atoms with van der Waals surface area (Å²) in [6.45, 7) is 2.59. The number of aryl methyl sites for hydroxylation is 1. The second-order valence-corrected chi connectivity index (χ2v) is 8.93. The molecule has 5 nitrogen and oxygen atoms in total. The Hall–Kier alpha value is -2.77. The van der Waals surface area contributed by atoms with Crippen molar-refractivity contribution < 1.29 is 9.18 Å². The van der Waals surface area contributed by atoms with E-state index < -0.39 is 0 Å². The molecule has 3 aromatic heterocycles. The Morgan fingerprint density at radius 1 is 1.33 bits per heavy atom. The third kappa shape index (κ3) is 3.18. The van der Waals surface area contributed by atoms with Crippen LogP contribution in [0.1, 0.15) is 33.1 Å². The van der Waals surface area contributed by atoms with Gasteiger partial charge in [0.25, 0.3) is 5.91 Å². The van der Waals surface area contributed by atoms with Crippen LogP contribution in [-0.2, 0) is 13.6 Å². The molecule has 1 aliphatic heterocycles. The Morgan fingerprint density at radius 3 is 3.03 bits per heavy atom. The Morgan fingerprint density at radius 2 is 2.20 bits per heavy atom. The number of benzene rings is 1. The van der Waals surface area contributed by atoms with Crippen LogP contribution in [-0.4, -0.2) is 40.5 Å². The Kier molecular flexibility index (Phi) is 4.79. The number of likely N-dealkylation sites (tertiary alicyclic amines) is 1. The zero-order chi connectivity index (χ0) is 20.8. The summed E-state index contributed by atoms with van der Waals surface area (Å²) >= 11 is 1.47. The Labute approximate surface area is 178 Å². The summed E-state index contributed by atoms with van der Waals surface area (Å²) in [5.41, 5.74) is 3.30. The molecule has 5 rings (SSSR count). The van der Waals surface area contributed by atoms with Crippen molar-refractivity contribution >= 4 is 38.4 Å². The molecule has 154 valence electrons. The highest BCUT2D eigenvalue weighted by Crippen LogP contribution is 2.40. The van der Waals surface area contributed by atoms with Gasteiger partial charge < -0.3 is 9.88 Å². The number of halogens is 1. The van der Waals surface area contributed by atoms with E-state index in [0.29, 0.717) is 0 Å². The number of rotatable bonds is 4. The molecule has 1 amide bonds. The molecule has 0 saturated carbocycles. The van der Waals surface area contributed by atoms with Gasteiger partial charge in [0, 0.05) is 61.8 Å². The van der Waals surface area contributed by atoms with Gasteiger partial charge in [-0.3, -0.25) is 9.69 Å². The summed E-state index contributed by atoms with van der Waals surface area (Å²) in [6, 6.07) is 8.97. The maximum atomic E-state index is 13.8. The Bertz CT molecular complexity index is 1260. The van der Waals surface area contributed by atoms with E-state index >= 15 is 0 Å². The number of carbonyl (C=O) groups excluding carboxylic acids is 1. The van der Waals surface area contributed by atoms with Gasteiger partial charge in [0.05, 0.1) is 4.88 Å². The third-order valence-electron chi connectivity index (χ3n) is 6.05. The van der Waals surface area contributed by atoms with Crippen molar-refractivity contribution in [3.63, 3.8) is 0 Å². The SMILES string of the molecule is CNC(=O)c1sc2ncccc2c1[C@@H]1CCN(Cc2cn(C)c3ccc(F)cc23)C1. The lowest BCUT2D eigenvalue weighted by molar-refractivity contribution is 0.0966. The van der Waals surface area contributed by atoms with Crippen molar-refractivity contribution in [3.05, 3.63) is 64.5 Å². The normalized spacial score (nSPS) is 17.2. The first kappa shape index (κ1) is 19.2. The number of nitrogens with one attached hydrogen (secondary N) is 1. The lowest BCUT2D eigenvalue weighted by Crippen LogP contribution is -2.21. The van der Waals surface area contributed by atoms with Crippen LogP contribution >= 0.6 is 11.3 Å². The number of hydrogen-bond donors (Lipinski definition) is 1. The molecule has 0 spiro atoms. The van der Waals surface area contributed by atoms with Gasteiger partial charge in [-0.25, -0.2) is 9.37 Å². The van der Waals surface area contributed by atoms with Gasteiger partial charge in [0.15, 0.2) is 0 Å². The van der Waals surface area contributed by atoms with Gasteiger partial charge in [0.2, 0.25) is 0 Å². The lowest BCUT2D eigenvalue weighted by atomic mass is 9.95. The largest absolute Gasteiger partial charge is 0.354 e. The van der Waals surface area contributed by atoms with Crippen LogP contribution < -0.4 is 5.32 Å². The average Bonchev–Trinajstić information content (AvgIpc) is 3.43. The van der Waals surface area contributed by atoms with Gasteiger partial charge >= 0.3 is 0 Å². The monoisotopic (exact) mass is 422 g/mol. The van der Waals surface area contributed by atoms with Gasteiger partial charge in [-0.05, 0) is 48.4 Å². The number of pyridine rings is 1. The molecule has 1 atom stereocenters. The quantitative estimate of drug-likeness (QED) is 0.534. The van der Waals surface area contributed by atoms with Crippen LogP contribution in [0.2, 0.25) is 0 Å². The topological polar surface area (TPSA) is 50.2 Å². The number of hydrogen-bond acceptors (Lipinski definition) is 4. The zero-order valence-corrected chi connectivity index (χ0v) is 17.8. The minimum absolute atomic E-state index is 0.0454. The zero-order valence-electron chi connectivity index (χ0n) is 17.0. The molecule has 1 aromatic carbocycles. The summed E-state index contributed by atoms with van der Waals surface area (Å²) in [4.78, 5) is 21.1. The number of nitrogens with zero attached hydrogens (tertiary/aromatic N) is 3. The van der Waals surface area contributed by atoms with Crippen molar-refractivity contribution in [3.8, 4) is 0 Å². The number of aromatic nitrogens is 2. The number of fused-ring (bicyclic) bond motifs is 2. The van der Waals surface area contributed by atoms with Crippen molar-refractivity contribution in [1.29, 1.82) is 0 Å². The second-order valence-electron chi connectivity index (χ2n) is 7.93. The predicted octanol–water partition coefficient (Wildman–Crippen LogP) is 4.28. The fourth-order valence-corrected chi connectivity index (χ4v) is 5.84. The van der Waals surface area contributed by atoms with E-state index in [1.807, 2.05) is 19.2 Å². The first-order chi connectivity index (χ1) is 14.5. The van der Waals surface area contributed by atoms with E-state index in [-0.39, 0.29) is 17.6 Å². The molecule has 0 unspecified atom stereocenters. The van der Waals surface area contributed by atoms with E-state index in [2.05, 4.69) is 32.0 Å². The van der Waals surface area contributed by atoms with Crippen molar-refractivity contribution in [2.45, 2.75) is 18.9 Å². The van der Waals surface area contributed by atoms with Crippen LogP contribution in [0.15, 0.2) is 42.7 Å². The molecule has 30 heavy (non-hydrogen) atoms. The molecule has 1 aliphatic rings. The fourth-order valence-electron chi connectivity index (χ4n) is 4.66. The first-order valence-electron chi connectivity index (χ1n) is 10.1. The summed E-state index contributed by atoms with van der Waals surface area (Å²) in [5.74, 6) is 0.0275. The molecule has 0 radical (unpaired) electrons. The summed E-state index contributed by atoms with van der Waals surface area (Å²) in [6.07, 6.45) is 4.86. The number of carbonyl (C=O) groups is 1. The lowest BCUT2D eigenvalue weighted by Gasteiger charge is -2.16. The van der Waals surface area contributed by atoms with Crippen molar-refractivity contribution in [2.75, 3.05) is 20.1 Å². The smallest absolute Gasteiger partial charge is 0.261 e. The minimum Gasteiger partial charge on any atom is -0.354 e. The minimum atomic E-state index is -0.207. The van der Waals surface area contributed by atoms with E-state index in [1.54, 1.807) is 19.3 Å². The third-order valence-corrected chi connectivity index (χ3v) is 7.17. The van der Waals surface area contributed by atoms with Crippen LogP contribution in [0.3, 0.4) is 0 Å². The highest BCUT2D eigenvalue weighted by molar-refractivity contribution is 7.20. The molecule has 0 bridgehead atoms. The predicted molar refractivity (Wildman–Crippen MR) is 119 cm³/mol. The summed E-state index contributed by atoms with van der Waals surface area (Å²) in [7, 11) is 3.67. The maximum Gasteiger partial charge on any atom is 0.261 e.